The zero-order valence-electron chi connectivity index (χ0n) is 12.7. The van der Waals surface area contributed by atoms with Gasteiger partial charge in [-0.2, -0.15) is 0 Å². The normalized spacial score (nSPS) is 17.0. The lowest BCUT2D eigenvalue weighted by molar-refractivity contribution is 0.116. The Morgan fingerprint density at radius 2 is 1.71 bits per heavy atom. The van der Waals surface area contributed by atoms with Gasteiger partial charge in [0.05, 0.1) is 33.5 Å². The van der Waals surface area contributed by atoms with Crippen LogP contribution in [0.5, 0.6) is 23.0 Å². The van der Waals surface area contributed by atoms with E-state index in [0.29, 0.717) is 28.9 Å². The molecule has 1 saturated carbocycles. The molecule has 0 amide bonds. The average molecular weight is 297 g/mol. The van der Waals surface area contributed by atoms with Crippen molar-refractivity contribution in [1.82, 2.24) is 0 Å². The molecule has 1 fully saturated rings. The summed E-state index contributed by atoms with van der Waals surface area (Å²) in [5, 5.41) is 9.48. The molecule has 21 heavy (non-hydrogen) atoms. The summed E-state index contributed by atoms with van der Waals surface area (Å²) >= 11 is 0. The Labute approximate surface area is 124 Å². The zero-order valence-corrected chi connectivity index (χ0v) is 12.7. The van der Waals surface area contributed by atoms with Gasteiger partial charge < -0.3 is 29.8 Å². The van der Waals surface area contributed by atoms with E-state index in [9.17, 15) is 5.11 Å². The van der Waals surface area contributed by atoms with Crippen molar-refractivity contribution in [3.05, 3.63) is 12.1 Å². The van der Waals surface area contributed by atoms with Crippen molar-refractivity contribution < 1.29 is 24.1 Å². The molecular weight excluding hydrogens is 274 g/mol. The van der Waals surface area contributed by atoms with E-state index in [1.807, 2.05) is 0 Å². The fraction of sp³-hybridized carbons (Fsp3) is 0.600. The standard InChI is InChI=1S/C15H23NO5/c1-18-12-6-11(7-13(19-2)14(12)20-3)21-9-15(16,8-17)10-4-5-10/h6-7,10,17H,4-5,8-9,16H2,1-3H3. The minimum absolute atomic E-state index is 0.0951. The summed E-state index contributed by atoms with van der Waals surface area (Å²) in [6.45, 7) is 0.148. The van der Waals surface area contributed by atoms with E-state index in [1.165, 1.54) is 0 Å². The van der Waals surface area contributed by atoms with Crippen LogP contribution in [0.4, 0.5) is 0 Å². The number of rotatable bonds is 8. The van der Waals surface area contributed by atoms with Crippen molar-refractivity contribution in [2.45, 2.75) is 18.4 Å². The highest BCUT2D eigenvalue weighted by Gasteiger charge is 2.42. The largest absolute Gasteiger partial charge is 0.493 e. The Bertz CT molecular complexity index is 464. The lowest BCUT2D eigenvalue weighted by Crippen LogP contribution is -2.51. The van der Waals surface area contributed by atoms with Gasteiger partial charge in [-0.3, -0.25) is 0 Å². The molecule has 3 N–H and O–H groups in total. The average Bonchev–Trinajstić information content (AvgIpc) is 3.36. The molecule has 0 aliphatic heterocycles. The molecule has 0 aromatic heterocycles. The molecular formula is C15H23NO5. The second kappa shape index (κ2) is 6.41. The van der Waals surface area contributed by atoms with Crippen LogP contribution in [-0.4, -0.2) is 45.2 Å². The van der Waals surface area contributed by atoms with Gasteiger partial charge in [0.25, 0.3) is 0 Å². The van der Waals surface area contributed by atoms with E-state index in [-0.39, 0.29) is 13.2 Å². The topological polar surface area (TPSA) is 83.2 Å². The molecule has 0 saturated heterocycles. The highest BCUT2D eigenvalue weighted by atomic mass is 16.5. The SMILES string of the molecule is COc1cc(OCC(N)(CO)C2CC2)cc(OC)c1OC. The fourth-order valence-electron chi connectivity index (χ4n) is 2.31. The Hall–Kier alpha value is -1.66. The number of hydrogen-bond donors (Lipinski definition) is 2. The third-order valence-corrected chi connectivity index (χ3v) is 3.83. The lowest BCUT2D eigenvalue weighted by atomic mass is 9.97. The summed E-state index contributed by atoms with van der Waals surface area (Å²) in [5.74, 6) is 2.43. The molecule has 1 aliphatic rings. The van der Waals surface area contributed by atoms with Crippen LogP contribution < -0.4 is 24.7 Å². The van der Waals surface area contributed by atoms with Crippen molar-refractivity contribution in [3.8, 4) is 23.0 Å². The Morgan fingerprint density at radius 3 is 2.10 bits per heavy atom. The Morgan fingerprint density at radius 1 is 1.14 bits per heavy atom. The molecule has 1 atom stereocenters. The predicted octanol–water partition coefficient (Wildman–Crippen LogP) is 1.19. The van der Waals surface area contributed by atoms with Gasteiger partial charge in [-0.25, -0.2) is 0 Å². The summed E-state index contributed by atoms with van der Waals surface area (Å²) < 4.78 is 21.5. The molecule has 0 spiro atoms. The maximum atomic E-state index is 9.48. The number of hydrogen-bond acceptors (Lipinski definition) is 6. The summed E-state index contributed by atoms with van der Waals surface area (Å²) in [7, 11) is 4.64. The van der Waals surface area contributed by atoms with Gasteiger partial charge in [0.2, 0.25) is 5.75 Å². The van der Waals surface area contributed by atoms with Crippen molar-refractivity contribution in [1.29, 1.82) is 0 Å². The van der Waals surface area contributed by atoms with Gasteiger partial charge in [-0.1, -0.05) is 0 Å². The quantitative estimate of drug-likeness (QED) is 0.750. The molecule has 1 unspecified atom stereocenters. The van der Waals surface area contributed by atoms with Crippen LogP contribution in [0.15, 0.2) is 12.1 Å². The summed E-state index contributed by atoms with van der Waals surface area (Å²) in [6.07, 6.45) is 2.07. The van der Waals surface area contributed by atoms with Crippen LogP contribution in [0, 0.1) is 5.92 Å². The van der Waals surface area contributed by atoms with E-state index < -0.39 is 5.54 Å². The first-order chi connectivity index (χ1) is 10.1. The van der Waals surface area contributed by atoms with Gasteiger partial charge >= 0.3 is 0 Å². The smallest absolute Gasteiger partial charge is 0.203 e. The van der Waals surface area contributed by atoms with Crippen molar-refractivity contribution >= 4 is 0 Å². The van der Waals surface area contributed by atoms with E-state index in [2.05, 4.69) is 0 Å². The Kier molecular flexibility index (Phi) is 4.80. The van der Waals surface area contributed by atoms with E-state index >= 15 is 0 Å². The molecule has 118 valence electrons. The first-order valence-corrected chi connectivity index (χ1v) is 6.90. The summed E-state index contributed by atoms with van der Waals surface area (Å²) in [5.41, 5.74) is 5.49. The van der Waals surface area contributed by atoms with Crippen LogP contribution in [0.3, 0.4) is 0 Å². The minimum Gasteiger partial charge on any atom is -0.493 e. The first-order valence-electron chi connectivity index (χ1n) is 6.90. The highest BCUT2D eigenvalue weighted by Crippen LogP contribution is 2.42. The lowest BCUT2D eigenvalue weighted by Gasteiger charge is -2.27. The molecule has 2 rings (SSSR count). The number of aliphatic hydroxyl groups excluding tert-OH is 1. The van der Waals surface area contributed by atoms with Gasteiger partial charge in [0.15, 0.2) is 11.5 Å². The van der Waals surface area contributed by atoms with Crippen molar-refractivity contribution in [2.24, 2.45) is 11.7 Å². The van der Waals surface area contributed by atoms with E-state index in [4.69, 9.17) is 24.7 Å². The first kappa shape index (κ1) is 15.7. The third kappa shape index (κ3) is 3.33. The van der Waals surface area contributed by atoms with Crippen LogP contribution in [0.25, 0.3) is 0 Å². The fourth-order valence-corrected chi connectivity index (χ4v) is 2.31. The van der Waals surface area contributed by atoms with Crippen molar-refractivity contribution in [3.63, 3.8) is 0 Å². The second-order valence-corrected chi connectivity index (χ2v) is 5.32. The predicted molar refractivity (Wildman–Crippen MR) is 78.3 cm³/mol. The second-order valence-electron chi connectivity index (χ2n) is 5.32. The molecule has 0 radical (unpaired) electrons. The zero-order chi connectivity index (χ0) is 15.5. The number of methoxy groups -OCH3 is 3. The van der Waals surface area contributed by atoms with Crippen LogP contribution >= 0.6 is 0 Å². The molecule has 6 nitrogen and oxygen atoms in total. The van der Waals surface area contributed by atoms with Crippen LogP contribution in [0.1, 0.15) is 12.8 Å². The molecule has 0 heterocycles. The van der Waals surface area contributed by atoms with Crippen LogP contribution in [-0.2, 0) is 0 Å². The maximum absolute atomic E-state index is 9.48. The minimum atomic E-state index is -0.694. The molecule has 6 heteroatoms. The maximum Gasteiger partial charge on any atom is 0.203 e. The molecule has 1 aromatic rings. The van der Waals surface area contributed by atoms with Gasteiger partial charge in [-0.05, 0) is 18.8 Å². The number of ether oxygens (including phenoxy) is 4. The van der Waals surface area contributed by atoms with Gasteiger partial charge in [0.1, 0.15) is 12.4 Å². The number of benzene rings is 1. The molecule has 1 aliphatic carbocycles. The number of nitrogens with two attached hydrogens (primary N) is 1. The van der Waals surface area contributed by atoms with Gasteiger partial charge in [-0.15, -0.1) is 0 Å². The van der Waals surface area contributed by atoms with E-state index in [1.54, 1.807) is 33.5 Å². The van der Waals surface area contributed by atoms with Crippen molar-refractivity contribution in [2.75, 3.05) is 34.5 Å². The molecule has 0 bridgehead atoms. The van der Waals surface area contributed by atoms with Crippen LogP contribution in [0.2, 0.25) is 0 Å². The van der Waals surface area contributed by atoms with Gasteiger partial charge in [0, 0.05) is 12.1 Å². The monoisotopic (exact) mass is 297 g/mol. The summed E-state index contributed by atoms with van der Waals surface area (Å²) in [6, 6.07) is 3.43. The summed E-state index contributed by atoms with van der Waals surface area (Å²) in [4.78, 5) is 0. The van der Waals surface area contributed by atoms with E-state index in [0.717, 1.165) is 12.8 Å². The highest BCUT2D eigenvalue weighted by molar-refractivity contribution is 5.55. The third-order valence-electron chi connectivity index (χ3n) is 3.83. The Balaban J connectivity index is 2.16. The molecule has 1 aromatic carbocycles. The number of aliphatic hydroxyl groups is 1.